The molecule has 1 fully saturated rings. The molecule has 1 saturated heterocycles. The van der Waals surface area contributed by atoms with Gasteiger partial charge in [0.15, 0.2) is 0 Å². The minimum atomic E-state index is 0.299. The highest BCUT2D eigenvalue weighted by atomic mass is 15.2. The Morgan fingerprint density at radius 3 is 2.46 bits per heavy atom. The smallest absolute Gasteiger partial charge is 0.0254 e. The van der Waals surface area contributed by atoms with Crippen LogP contribution in [0.15, 0.2) is 0 Å². The van der Waals surface area contributed by atoms with E-state index in [1.54, 1.807) is 0 Å². The topological polar surface area (TPSA) is 32.5 Å². The first-order chi connectivity index (χ1) is 6.00. The summed E-state index contributed by atoms with van der Waals surface area (Å²) >= 11 is 0. The van der Waals surface area contributed by atoms with Gasteiger partial charge < -0.3 is 10.6 Å². The van der Waals surface area contributed by atoms with Crippen LogP contribution in [0, 0.1) is 5.92 Å². The van der Waals surface area contributed by atoms with E-state index < -0.39 is 0 Å². The van der Waals surface area contributed by atoms with Crippen molar-refractivity contribution in [2.24, 2.45) is 11.7 Å². The van der Waals surface area contributed by atoms with Crippen LogP contribution in [0.1, 0.15) is 13.8 Å². The summed E-state index contributed by atoms with van der Waals surface area (Å²) < 4.78 is 0. The van der Waals surface area contributed by atoms with Crippen LogP contribution >= 0.6 is 0 Å². The van der Waals surface area contributed by atoms with Gasteiger partial charge in [-0.15, -0.1) is 0 Å². The first-order valence-corrected chi connectivity index (χ1v) is 5.15. The van der Waals surface area contributed by atoms with Gasteiger partial charge >= 0.3 is 0 Å². The van der Waals surface area contributed by atoms with Gasteiger partial charge in [0.25, 0.3) is 0 Å². The molecule has 0 aliphatic carbocycles. The summed E-state index contributed by atoms with van der Waals surface area (Å²) in [5.74, 6) is 0.772. The van der Waals surface area contributed by atoms with E-state index in [0.29, 0.717) is 12.1 Å². The third-order valence-corrected chi connectivity index (χ3v) is 2.86. The summed E-state index contributed by atoms with van der Waals surface area (Å²) in [6.45, 7) is 7.81. The Morgan fingerprint density at radius 2 is 2.08 bits per heavy atom. The fourth-order valence-electron chi connectivity index (χ4n) is 2.28. The first kappa shape index (κ1) is 11.0. The Balaban J connectivity index is 2.40. The van der Waals surface area contributed by atoms with Gasteiger partial charge in [0.1, 0.15) is 0 Å². The van der Waals surface area contributed by atoms with E-state index in [-0.39, 0.29) is 0 Å². The molecule has 0 bridgehead atoms. The van der Waals surface area contributed by atoms with Crippen LogP contribution in [-0.2, 0) is 0 Å². The zero-order chi connectivity index (χ0) is 10.0. The fraction of sp³-hybridized carbons (Fsp3) is 1.00. The molecule has 2 N–H and O–H groups in total. The van der Waals surface area contributed by atoms with Gasteiger partial charge in [0.2, 0.25) is 0 Å². The maximum atomic E-state index is 5.78. The molecule has 3 heteroatoms. The molecule has 0 spiro atoms. The Hall–Kier alpha value is -0.120. The molecule has 1 heterocycles. The highest BCUT2D eigenvalue weighted by molar-refractivity contribution is 4.87. The quantitative estimate of drug-likeness (QED) is 0.682. The van der Waals surface area contributed by atoms with Crippen molar-refractivity contribution < 1.29 is 0 Å². The fourth-order valence-corrected chi connectivity index (χ4v) is 2.28. The number of rotatable bonds is 3. The van der Waals surface area contributed by atoms with Gasteiger partial charge in [-0.3, -0.25) is 4.90 Å². The van der Waals surface area contributed by atoms with Gasteiger partial charge in [0.05, 0.1) is 0 Å². The number of likely N-dealkylation sites (N-methyl/N-ethyl adjacent to an activating group) is 1. The van der Waals surface area contributed by atoms with Gasteiger partial charge in [0, 0.05) is 31.7 Å². The highest BCUT2D eigenvalue weighted by Gasteiger charge is 2.30. The summed E-state index contributed by atoms with van der Waals surface area (Å²) in [6, 6.07) is 1.01. The molecule has 0 aromatic heterocycles. The molecular weight excluding hydrogens is 162 g/mol. The van der Waals surface area contributed by atoms with E-state index in [1.807, 2.05) is 0 Å². The third-order valence-electron chi connectivity index (χ3n) is 2.86. The highest BCUT2D eigenvalue weighted by Crippen LogP contribution is 2.19. The number of nitrogens with two attached hydrogens (primary N) is 1. The van der Waals surface area contributed by atoms with Crippen molar-refractivity contribution in [3.8, 4) is 0 Å². The monoisotopic (exact) mass is 185 g/mol. The lowest BCUT2D eigenvalue weighted by molar-refractivity contribution is 0.249. The third kappa shape index (κ3) is 2.93. The predicted octanol–water partition coefficient (Wildman–Crippen LogP) is 0.216. The van der Waals surface area contributed by atoms with E-state index in [4.69, 9.17) is 5.73 Å². The number of nitrogens with zero attached hydrogens (tertiary/aromatic N) is 2. The van der Waals surface area contributed by atoms with Crippen molar-refractivity contribution in [2.75, 3.05) is 33.7 Å². The second-order valence-corrected chi connectivity index (χ2v) is 4.70. The summed E-state index contributed by atoms with van der Waals surface area (Å²) in [7, 11) is 4.33. The van der Waals surface area contributed by atoms with Crippen LogP contribution in [0.3, 0.4) is 0 Å². The number of likely N-dealkylation sites (tertiary alicyclic amines) is 1. The van der Waals surface area contributed by atoms with E-state index in [1.165, 1.54) is 13.1 Å². The molecule has 0 aromatic rings. The summed E-state index contributed by atoms with van der Waals surface area (Å²) in [6.07, 6.45) is 0. The molecule has 3 atom stereocenters. The Bertz CT molecular complexity index is 156. The predicted molar refractivity (Wildman–Crippen MR) is 56.7 cm³/mol. The van der Waals surface area contributed by atoms with Gasteiger partial charge in [-0.2, -0.15) is 0 Å². The van der Waals surface area contributed by atoms with Crippen molar-refractivity contribution in [1.29, 1.82) is 0 Å². The maximum Gasteiger partial charge on any atom is 0.0254 e. The molecule has 0 aromatic carbocycles. The number of hydrogen-bond acceptors (Lipinski definition) is 3. The van der Waals surface area contributed by atoms with Crippen molar-refractivity contribution in [3.05, 3.63) is 0 Å². The van der Waals surface area contributed by atoms with Crippen molar-refractivity contribution in [2.45, 2.75) is 25.9 Å². The Labute approximate surface area is 81.9 Å². The minimum absolute atomic E-state index is 0.299. The maximum absolute atomic E-state index is 5.78. The standard InChI is InChI=1S/C10H23N3/c1-8-5-13(6-9(2)11)7-10(8)12(3)4/h8-10H,5-7,11H2,1-4H3/t8?,9-,10?/m1/s1. The summed E-state index contributed by atoms with van der Waals surface area (Å²) in [4.78, 5) is 4.80. The number of hydrogen-bond donors (Lipinski definition) is 1. The molecule has 13 heavy (non-hydrogen) atoms. The zero-order valence-corrected chi connectivity index (χ0v) is 9.33. The lowest BCUT2D eigenvalue weighted by Gasteiger charge is -2.23. The SMILES string of the molecule is CC1CN(C[C@@H](C)N)CC1N(C)C. The van der Waals surface area contributed by atoms with Gasteiger partial charge in [-0.25, -0.2) is 0 Å². The molecule has 1 rings (SSSR count). The van der Waals surface area contributed by atoms with Gasteiger partial charge in [-0.05, 0) is 26.9 Å². The van der Waals surface area contributed by atoms with Crippen molar-refractivity contribution >= 4 is 0 Å². The van der Waals surface area contributed by atoms with Crippen molar-refractivity contribution in [1.82, 2.24) is 9.80 Å². The molecule has 78 valence electrons. The lowest BCUT2D eigenvalue weighted by atomic mass is 10.1. The molecule has 1 aliphatic rings. The molecule has 0 radical (unpaired) electrons. The largest absolute Gasteiger partial charge is 0.327 e. The van der Waals surface area contributed by atoms with Crippen LogP contribution in [0.2, 0.25) is 0 Å². The van der Waals surface area contributed by atoms with Crippen molar-refractivity contribution in [3.63, 3.8) is 0 Å². The van der Waals surface area contributed by atoms with Crippen LogP contribution in [0.4, 0.5) is 0 Å². The normalized spacial score (nSPS) is 32.8. The summed E-state index contributed by atoms with van der Waals surface area (Å²) in [5.41, 5.74) is 5.78. The van der Waals surface area contributed by atoms with Crippen LogP contribution in [0.25, 0.3) is 0 Å². The molecular formula is C10H23N3. The molecule has 3 nitrogen and oxygen atoms in total. The molecule has 0 saturated carbocycles. The van der Waals surface area contributed by atoms with E-state index >= 15 is 0 Å². The second-order valence-electron chi connectivity index (χ2n) is 4.70. The molecule has 2 unspecified atom stereocenters. The van der Waals surface area contributed by atoms with Gasteiger partial charge in [-0.1, -0.05) is 6.92 Å². The minimum Gasteiger partial charge on any atom is -0.327 e. The average Bonchev–Trinajstić information content (AvgIpc) is 2.29. The Morgan fingerprint density at radius 1 is 1.46 bits per heavy atom. The van der Waals surface area contributed by atoms with Crippen LogP contribution in [0.5, 0.6) is 0 Å². The first-order valence-electron chi connectivity index (χ1n) is 5.15. The molecule has 1 aliphatic heterocycles. The molecule has 0 amide bonds. The Kier molecular flexibility index (Phi) is 3.71. The zero-order valence-electron chi connectivity index (χ0n) is 9.33. The van der Waals surface area contributed by atoms with E-state index in [9.17, 15) is 0 Å². The lowest BCUT2D eigenvalue weighted by Crippen LogP contribution is -2.37. The van der Waals surface area contributed by atoms with Crippen LogP contribution < -0.4 is 5.73 Å². The second kappa shape index (κ2) is 4.40. The van der Waals surface area contributed by atoms with E-state index in [2.05, 4.69) is 37.7 Å². The van der Waals surface area contributed by atoms with Crippen LogP contribution in [-0.4, -0.2) is 55.6 Å². The average molecular weight is 185 g/mol. The summed E-state index contributed by atoms with van der Waals surface area (Å²) in [5, 5.41) is 0. The van der Waals surface area contributed by atoms with E-state index in [0.717, 1.165) is 12.5 Å².